The number of rotatable bonds is 5. The molecule has 2 amide bonds. The Morgan fingerprint density at radius 1 is 1.10 bits per heavy atom. The molecule has 0 saturated carbocycles. The van der Waals surface area contributed by atoms with Crippen molar-refractivity contribution in [1.82, 2.24) is 10.3 Å². The second-order valence-corrected chi connectivity index (χ2v) is 9.24. The van der Waals surface area contributed by atoms with Crippen LogP contribution in [-0.4, -0.2) is 41.6 Å². The van der Waals surface area contributed by atoms with Crippen molar-refractivity contribution in [2.45, 2.75) is 6.92 Å². The van der Waals surface area contributed by atoms with Gasteiger partial charge in [0.2, 0.25) is 0 Å². The molecule has 0 spiro atoms. The fraction of sp³-hybridized carbons (Fsp3) is 0.150. The number of carbonyl (C=O) groups excluding carboxylic acids is 2. The number of nitrogens with zero attached hydrogens (tertiary/aromatic N) is 2. The van der Waals surface area contributed by atoms with Crippen molar-refractivity contribution in [3.05, 3.63) is 61.1 Å². The smallest absolute Gasteiger partial charge is 0.281 e. The van der Waals surface area contributed by atoms with Crippen LogP contribution in [0.2, 0.25) is 10.0 Å². The molecule has 0 aliphatic heterocycles. The summed E-state index contributed by atoms with van der Waals surface area (Å²) in [5.74, 6) is -0.558. The van der Waals surface area contributed by atoms with Gasteiger partial charge in [-0.1, -0.05) is 29.3 Å². The van der Waals surface area contributed by atoms with Gasteiger partial charge >= 0.3 is 0 Å². The Labute approximate surface area is 191 Å². The van der Waals surface area contributed by atoms with Gasteiger partial charge in [0, 0.05) is 19.5 Å². The van der Waals surface area contributed by atoms with E-state index < -0.39 is 5.91 Å². The van der Waals surface area contributed by atoms with Gasteiger partial charge in [0.05, 0.1) is 36.0 Å². The number of carbonyl (C=O) groups is 2. The van der Waals surface area contributed by atoms with Crippen LogP contribution in [0.15, 0.2) is 40.8 Å². The molecule has 0 unspecified atom stereocenters. The highest BCUT2D eigenvalue weighted by Gasteiger charge is 2.17. The highest BCUT2D eigenvalue weighted by atomic mass is 35.5. The Morgan fingerprint density at radius 3 is 2.47 bits per heavy atom. The molecule has 0 aliphatic rings. The zero-order chi connectivity index (χ0) is 22.0. The molecule has 3 rings (SSSR count). The number of hydrogen-bond donors (Lipinski definition) is 2. The van der Waals surface area contributed by atoms with E-state index in [4.69, 9.17) is 23.2 Å². The summed E-state index contributed by atoms with van der Waals surface area (Å²) in [4.78, 5) is 27.2. The van der Waals surface area contributed by atoms with E-state index in [-0.39, 0.29) is 11.7 Å². The molecule has 2 N–H and O–H groups in total. The molecular weight excluding hydrogens is 465 g/mol. The van der Waals surface area contributed by atoms with Crippen molar-refractivity contribution >= 4 is 63.4 Å². The van der Waals surface area contributed by atoms with E-state index in [2.05, 4.69) is 10.5 Å². The largest absolute Gasteiger partial charge is 0.506 e. The van der Waals surface area contributed by atoms with Crippen molar-refractivity contribution in [3.8, 4) is 16.2 Å². The van der Waals surface area contributed by atoms with Crippen molar-refractivity contribution in [3.63, 3.8) is 0 Å². The lowest BCUT2D eigenvalue weighted by Crippen LogP contribution is -2.20. The van der Waals surface area contributed by atoms with Gasteiger partial charge in [-0.3, -0.25) is 9.59 Å². The first-order chi connectivity index (χ1) is 14.2. The normalized spacial score (nSPS) is 11.4. The second-order valence-electron chi connectivity index (χ2n) is 6.46. The first-order valence-corrected chi connectivity index (χ1v) is 11.1. The molecule has 30 heavy (non-hydrogen) atoms. The van der Waals surface area contributed by atoms with Crippen LogP contribution in [0, 0.1) is 0 Å². The minimum absolute atomic E-state index is 0.0453. The first kappa shape index (κ1) is 22.3. The molecule has 3 aromatic rings. The highest BCUT2D eigenvalue weighted by molar-refractivity contribution is 7.16. The van der Waals surface area contributed by atoms with Crippen LogP contribution >= 0.6 is 45.9 Å². The standard InChI is InChI=1S/C20H17Cl2N3O3S2/c1-10(23-24-19(27)15-6-7-16(30-15)20(28)25(2)3)12-9-29-18(17(12)26)11-4-5-13(21)14(22)8-11/h4-9,26H,1-3H3,(H,24,27)/b23-10+. The summed E-state index contributed by atoms with van der Waals surface area (Å²) >= 11 is 14.4. The van der Waals surface area contributed by atoms with Crippen LogP contribution < -0.4 is 5.43 Å². The molecule has 0 fully saturated rings. The maximum absolute atomic E-state index is 12.3. The number of nitrogens with one attached hydrogen (secondary N) is 1. The Kier molecular flexibility index (Phi) is 6.82. The summed E-state index contributed by atoms with van der Waals surface area (Å²) in [7, 11) is 3.30. The third-order valence-electron chi connectivity index (χ3n) is 4.11. The maximum atomic E-state index is 12.3. The van der Waals surface area contributed by atoms with E-state index >= 15 is 0 Å². The number of halogens is 2. The van der Waals surface area contributed by atoms with Crippen LogP contribution in [0.25, 0.3) is 10.4 Å². The molecule has 0 atom stereocenters. The summed E-state index contributed by atoms with van der Waals surface area (Å²) in [5, 5.41) is 17.3. The summed E-state index contributed by atoms with van der Waals surface area (Å²) in [6.45, 7) is 1.68. The van der Waals surface area contributed by atoms with Crippen LogP contribution in [0.3, 0.4) is 0 Å². The van der Waals surface area contributed by atoms with Crippen LogP contribution in [0.1, 0.15) is 31.8 Å². The zero-order valence-electron chi connectivity index (χ0n) is 16.2. The third kappa shape index (κ3) is 4.67. The average molecular weight is 482 g/mol. The fourth-order valence-corrected chi connectivity index (χ4v) is 4.71. The van der Waals surface area contributed by atoms with E-state index in [1.807, 2.05) is 0 Å². The summed E-state index contributed by atoms with van der Waals surface area (Å²) in [5.41, 5.74) is 4.12. The topological polar surface area (TPSA) is 82.0 Å². The Morgan fingerprint density at radius 2 is 1.80 bits per heavy atom. The molecule has 2 heterocycles. The van der Waals surface area contributed by atoms with E-state index in [1.54, 1.807) is 56.7 Å². The molecule has 156 valence electrons. The molecule has 2 aromatic heterocycles. The van der Waals surface area contributed by atoms with Crippen LogP contribution in [0.5, 0.6) is 5.75 Å². The predicted molar refractivity (Wildman–Crippen MR) is 123 cm³/mol. The second kappa shape index (κ2) is 9.18. The third-order valence-corrected chi connectivity index (χ3v) is 6.94. The van der Waals surface area contributed by atoms with Gasteiger partial charge < -0.3 is 10.0 Å². The zero-order valence-corrected chi connectivity index (χ0v) is 19.3. The molecule has 0 bridgehead atoms. The number of aromatic hydroxyl groups is 1. The van der Waals surface area contributed by atoms with Crippen molar-refractivity contribution in [1.29, 1.82) is 0 Å². The van der Waals surface area contributed by atoms with E-state index in [0.717, 1.165) is 16.9 Å². The summed E-state index contributed by atoms with van der Waals surface area (Å²) in [6.07, 6.45) is 0. The minimum atomic E-state index is -0.434. The molecule has 6 nitrogen and oxygen atoms in total. The quantitative estimate of drug-likeness (QED) is 0.380. The van der Waals surface area contributed by atoms with Gasteiger partial charge in [0.1, 0.15) is 5.75 Å². The van der Waals surface area contributed by atoms with Gasteiger partial charge in [0.15, 0.2) is 0 Å². The SMILES string of the molecule is C/C(=N\NC(=O)c1ccc(C(=O)N(C)C)s1)c1csc(-c2ccc(Cl)c(Cl)c2)c1O. The molecule has 0 aliphatic carbocycles. The van der Waals surface area contributed by atoms with Gasteiger partial charge in [-0.05, 0) is 36.8 Å². The van der Waals surface area contributed by atoms with Gasteiger partial charge in [-0.25, -0.2) is 5.43 Å². The highest BCUT2D eigenvalue weighted by Crippen LogP contribution is 2.40. The Bertz CT molecular complexity index is 1150. The number of hydrogen-bond acceptors (Lipinski definition) is 6. The summed E-state index contributed by atoms with van der Waals surface area (Å²) in [6, 6.07) is 8.28. The van der Waals surface area contributed by atoms with Gasteiger partial charge in [0.25, 0.3) is 11.8 Å². The lowest BCUT2D eigenvalue weighted by molar-refractivity contribution is 0.0832. The van der Waals surface area contributed by atoms with Crippen LogP contribution in [0.4, 0.5) is 0 Å². The number of benzene rings is 1. The van der Waals surface area contributed by atoms with E-state index in [9.17, 15) is 14.7 Å². The average Bonchev–Trinajstić information content (AvgIpc) is 3.34. The lowest BCUT2D eigenvalue weighted by Gasteiger charge is -2.07. The van der Waals surface area contributed by atoms with Crippen molar-refractivity contribution < 1.29 is 14.7 Å². The van der Waals surface area contributed by atoms with E-state index in [0.29, 0.717) is 36.0 Å². The molecule has 10 heteroatoms. The van der Waals surface area contributed by atoms with Crippen molar-refractivity contribution in [2.24, 2.45) is 5.10 Å². The first-order valence-electron chi connectivity index (χ1n) is 8.61. The molecule has 1 aromatic carbocycles. The van der Waals surface area contributed by atoms with Gasteiger partial charge in [-0.15, -0.1) is 22.7 Å². The number of amides is 2. The number of thiophene rings is 2. The lowest BCUT2D eigenvalue weighted by atomic mass is 10.1. The monoisotopic (exact) mass is 481 g/mol. The van der Waals surface area contributed by atoms with Crippen LogP contribution in [-0.2, 0) is 0 Å². The predicted octanol–water partition coefficient (Wildman–Crippen LogP) is 5.34. The number of hydrazone groups is 1. The van der Waals surface area contributed by atoms with E-state index in [1.165, 1.54) is 16.2 Å². The Balaban J connectivity index is 1.76. The molecule has 0 radical (unpaired) electrons. The van der Waals surface area contributed by atoms with Gasteiger partial charge in [-0.2, -0.15) is 5.10 Å². The molecule has 0 saturated heterocycles. The Hall–Kier alpha value is -2.39. The molecular formula is C20H17Cl2N3O3S2. The fourth-order valence-electron chi connectivity index (χ4n) is 2.50. The summed E-state index contributed by atoms with van der Waals surface area (Å²) < 4.78 is 0. The van der Waals surface area contributed by atoms with Crippen molar-refractivity contribution in [2.75, 3.05) is 14.1 Å². The maximum Gasteiger partial charge on any atom is 0.281 e. The minimum Gasteiger partial charge on any atom is -0.506 e.